The fourth-order valence-electron chi connectivity index (χ4n) is 2.77. The van der Waals surface area contributed by atoms with E-state index in [1.54, 1.807) is 0 Å². The van der Waals surface area contributed by atoms with Crippen molar-refractivity contribution in [1.29, 1.82) is 0 Å². The minimum atomic E-state index is 0.336. The summed E-state index contributed by atoms with van der Waals surface area (Å²) in [5.74, 6) is 0.336. The molecule has 16 heavy (non-hydrogen) atoms. The molecule has 2 aliphatic rings. The normalized spacial score (nSPS) is 30.7. The van der Waals surface area contributed by atoms with E-state index in [2.05, 4.69) is 11.8 Å². The highest BCUT2D eigenvalue weighted by Gasteiger charge is 2.24. The van der Waals surface area contributed by atoms with Gasteiger partial charge in [0.2, 0.25) is 5.91 Å². The van der Waals surface area contributed by atoms with Gasteiger partial charge in [-0.1, -0.05) is 0 Å². The molecule has 0 saturated carbocycles. The summed E-state index contributed by atoms with van der Waals surface area (Å²) in [6.45, 7) is 4.02. The summed E-state index contributed by atoms with van der Waals surface area (Å²) < 4.78 is 5.55. The van der Waals surface area contributed by atoms with Gasteiger partial charge in [-0.3, -0.25) is 4.79 Å². The monoisotopic (exact) mass is 225 g/mol. The van der Waals surface area contributed by atoms with Crippen LogP contribution in [0.25, 0.3) is 0 Å². The summed E-state index contributed by atoms with van der Waals surface area (Å²) in [5.41, 5.74) is 0. The Morgan fingerprint density at radius 1 is 1.31 bits per heavy atom. The Morgan fingerprint density at radius 3 is 2.88 bits per heavy atom. The zero-order valence-electron chi connectivity index (χ0n) is 10.3. The predicted molar refractivity (Wildman–Crippen MR) is 63.2 cm³/mol. The Hall–Kier alpha value is -0.570. The van der Waals surface area contributed by atoms with Crippen molar-refractivity contribution < 1.29 is 9.53 Å². The lowest BCUT2D eigenvalue weighted by Gasteiger charge is -2.33. The second-order valence-corrected chi connectivity index (χ2v) is 5.11. The van der Waals surface area contributed by atoms with Crippen LogP contribution in [0.3, 0.4) is 0 Å². The molecule has 1 amide bonds. The van der Waals surface area contributed by atoms with Crippen molar-refractivity contribution in [3.8, 4) is 0 Å². The van der Waals surface area contributed by atoms with Crippen molar-refractivity contribution >= 4 is 5.91 Å². The number of carbonyl (C=O) groups excluding carboxylic acids is 1. The average Bonchev–Trinajstić information content (AvgIpc) is 2.79. The first kappa shape index (κ1) is 11.9. The minimum absolute atomic E-state index is 0.336. The van der Waals surface area contributed by atoms with Crippen LogP contribution in [0.15, 0.2) is 0 Å². The standard InChI is InChI=1S/C13H23NO2/c1-11-5-2-3-9-14(11)13(15)8-7-12-6-4-10-16-12/h11-12H,2-10H2,1H3. The smallest absolute Gasteiger partial charge is 0.222 e. The van der Waals surface area contributed by atoms with Gasteiger partial charge in [-0.25, -0.2) is 0 Å². The number of piperidine rings is 1. The molecular formula is C13H23NO2. The molecule has 0 aromatic heterocycles. The number of nitrogens with zero attached hydrogens (tertiary/aromatic N) is 1. The minimum Gasteiger partial charge on any atom is -0.378 e. The fraction of sp³-hybridized carbons (Fsp3) is 0.923. The number of hydrogen-bond donors (Lipinski definition) is 0. The maximum Gasteiger partial charge on any atom is 0.222 e. The predicted octanol–water partition coefficient (Wildman–Crippen LogP) is 2.35. The molecular weight excluding hydrogens is 202 g/mol. The van der Waals surface area contributed by atoms with E-state index >= 15 is 0 Å². The summed E-state index contributed by atoms with van der Waals surface area (Å²) >= 11 is 0. The first-order valence-electron chi connectivity index (χ1n) is 6.68. The molecule has 2 rings (SSSR count). The van der Waals surface area contributed by atoms with Gasteiger partial charge in [0.1, 0.15) is 0 Å². The number of likely N-dealkylation sites (tertiary alicyclic amines) is 1. The molecule has 2 saturated heterocycles. The van der Waals surface area contributed by atoms with E-state index in [-0.39, 0.29) is 0 Å². The third-order valence-corrected chi connectivity index (χ3v) is 3.83. The van der Waals surface area contributed by atoms with Crippen molar-refractivity contribution in [3.05, 3.63) is 0 Å². The van der Waals surface area contributed by atoms with Gasteiger partial charge in [-0.05, 0) is 45.4 Å². The third kappa shape index (κ3) is 2.97. The highest BCUT2D eigenvalue weighted by molar-refractivity contribution is 5.76. The molecule has 0 radical (unpaired) electrons. The molecule has 2 fully saturated rings. The summed E-state index contributed by atoms with van der Waals surface area (Å²) in [6, 6.07) is 0.450. The van der Waals surface area contributed by atoms with Gasteiger partial charge < -0.3 is 9.64 Å². The van der Waals surface area contributed by atoms with Gasteiger partial charge in [0, 0.05) is 25.6 Å². The maximum absolute atomic E-state index is 12.0. The Bertz CT molecular complexity index is 236. The molecule has 0 aromatic rings. The van der Waals surface area contributed by atoms with Crippen LogP contribution in [-0.4, -0.2) is 36.1 Å². The molecule has 2 aliphatic heterocycles. The van der Waals surface area contributed by atoms with Crippen LogP contribution in [0.2, 0.25) is 0 Å². The zero-order chi connectivity index (χ0) is 11.4. The lowest BCUT2D eigenvalue weighted by atomic mass is 10.0. The van der Waals surface area contributed by atoms with Crippen LogP contribution < -0.4 is 0 Å². The molecule has 0 aromatic carbocycles. The van der Waals surface area contributed by atoms with Crippen molar-refractivity contribution in [2.75, 3.05) is 13.2 Å². The SMILES string of the molecule is CC1CCCCN1C(=O)CCC1CCCO1. The molecule has 0 N–H and O–H groups in total. The van der Waals surface area contributed by atoms with Crippen LogP contribution in [0.4, 0.5) is 0 Å². The van der Waals surface area contributed by atoms with Crippen LogP contribution in [0.1, 0.15) is 51.9 Å². The molecule has 2 heterocycles. The Morgan fingerprint density at radius 2 is 2.19 bits per heavy atom. The summed E-state index contributed by atoms with van der Waals surface area (Å²) in [5, 5.41) is 0. The van der Waals surface area contributed by atoms with E-state index in [1.807, 2.05) is 0 Å². The number of rotatable bonds is 3. The van der Waals surface area contributed by atoms with Crippen molar-refractivity contribution in [2.45, 2.75) is 64.0 Å². The van der Waals surface area contributed by atoms with Gasteiger partial charge in [0.25, 0.3) is 0 Å². The third-order valence-electron chi connectivity index (χ3n) is 3.83. The van der Waals surface area contributed by atoms with Crippen LogP contribution in [0, 0.1) is 0 Å². The van der Waals surface area contributed by atoms with E-state index < -0.39 is 0 Å². The number of hydrogen-bond acceptors (Lipinski definition) is 2. The second-order valence-electron chi connectivity index (χ2n) is 5.11. The van der Waals surface area contributed by atoms with Gasteiger partial charge >= 0.3 is 0 Å². The number of ether oxygens (including phenoxy) is 1. The van der Waals surface area contributed by atoms with E-state index in [9.17, 15) is 4.79 Å². The van der Waals surface area contributed by atoms with Crippen molar-refractivity contribution in [3.63, 3.8) is 0 Å². The second kappa shape index (κ2) is 5.67. The Kier molecular flexibility index (Phi) is 4.22. The molecule has 3 nitrogen and oxygen atoms in total. The van der Waals surface area contributed by atoms with E-state index in [4.69, 9.17) is 4.74 Å². The number of carbonyl (C=O) groups is 1. The summed E-state index contributed by atoms with van der Waals surface area (Å²) in [7, 11) is 0. The molecule has 3 heteroatoms. The first-order valence-corrected chi connectivity index (χ1v) is 6.68. The molecule has 92 valence electrons. The van der Waals surface area contributed by atoms with E-state index in [1.165, 1.54) is 25.7 Å². The Labute approximate surface area is 98.1 Å². The van der Waals surface area contributed by atoms with Crippen LogP contribution in [-0.2, 0) is 9.53 Å². The lowest BCUT2D eigenvalue weighted by Crippen LogP contribution is -2.42. The lowest BCUT2D eigenvalue weighted by molar-refractivity contribution is -0.135. The zero-order valence-corrected chi connectivity index (χ0v) is 10.3. The Balaban J connectivity index is 1.73. The highest BCUT2D eigenvalue weighted by Crippen LogP contribution is 2.20. The largest absolute Gasteiger partial charge is 0.378 e. The molecule has 0 aliphatic carbocycles. The summed E-state index contributed by atoms with van der Waals surface area (Å²) in [6.07, 6.45) is 7.88. The van der Waals surface area contributed by atoms with Crippen LogP contribution in [0.5, 0.6) is 0 Å². The van der Waals surface area contributed by atoms with Crippen molar-refractivity contribution in [1.82, 2.24) is 4.90 Å². The quantitative estimate of drug-likeness (QED) is 0.738. The summed E-state index contributed by atoms with van der Waals surface area (Å²) in [4.78, 5) is 14.1. The van der Waals surface area contributed by atoms with E-state index in [0.29, 0.717) is 24.5 Å². The van der Waals surface area contributed by atoms with Gasteiger partial charge in [0.15, 0.2) is 0 Å². The van der Waals surface area contributed by atoms with Gasteiger partial charge in [0.05, 0.1) is 6.10 Å². The topological polar surface area (TPSA) is 29.5 Å². The molecule has 2 unspecified atom stereocenters. The number of amides is 1. The van der Waals surface area contributed by atoms with Crippen LogP contribution >= 0.6 is 0 Å². The van der Waals surface area contributed by atoms with Crippen molar-refractivity contribution in [2.24, 2.45) is 0 Å². The fourth-order valence-corrected chi connectivity index (χ4v) is 2.77. The maximum atomic E-state index is 12.0. The van der Waals surface area contributed by atoms with Gasteiger partial charge in [-0.2, -0.15) is 0 Å². The van der Waals surface area contributed by atoms with Gasteiger partial charge in [-0.15, -0.1) is 0 Å². The first-order chi connectivity index (χ1) is 7.77. The molecule has 0 spiro atoms. The average molecular weight is 225 g/mol. The van der Waals surface area contributed by atoms with E-state index in [0.717, 1.165) is 26.0 Å². The molecule has 2 atom stereocenters. The highest BCUT2D eigenvalue weighted by atomic mass is 16.5. The molecule has 0 bridgehead atoms.